The SMILES string of the molecule is CCOc1ccc(NC(=O)C[C@@H]2C(=O)N(c3ccc(Cl)cc3)C(=S)N2CC(=O)OC)cc1. The molecule has 8 nitrogen and oxygen atoms in total. The summed E-state index contributed by atoms with van der Waals surface area (Å²) in [7, 11) is 1.24. The second-order valence-corrected chi connectivity index (χ2v) is 7.66. The first kappa shape index (κ1) is 23.5. The number of esters is 1. The summed E-state index contributed by atoms with van der Waals surface area (Å²) in [6.07, 6.45) is -0.201. The number of hydrogen-bond acceptors (Lipinski definition) is 6. The van der Waals surface area contributed by atoms with Crippen LogP contribution in [0.3, 0.4) is 0 Å². The molecule has 1 fully saturated rings. The van der Waals surface area contributed by atoms with Crippen LogP contribution in [0, 0.1) is 0 Å². The van der Waals surface area contributed by atoms with Gasteiger partial charge in [0.05, 0.1) is 25.8 Å². The lowest BCUT2D eigenvalue weighted by molar-refractivity contribution is -0.141. The van der Waals surface area contributed by atoms with E-state index in [1.54, 1.807) is 48.5 Å². The number of nitrogens with zero attached hydrogens (tertiary/aromatic N) is 2. The first-order valence-corrected chi connectivity index (χ1v) is 10.6. The summed E-state index contributed by atoms with van der Waals surface area (Å²) >= 11 is 11.4. The molecule has 0 bridgehead atoms. The highest BCUT2D eigenvalue weighted by Crippen LogP contribution is 2.28. The van der Waals surface area contributed by atoms with E-state index >= 15 is 0 Å². The normalized spacial score (nSPS) is 15.7. The Morgan fingerprint density at radius 3 is 2.38 bits per heavy atom. The molecule has 2 aromatic rings. The van der Waals surface area contributed by atoms with Crippen LogP contribution >= 0.6 is 23.8 Å². The molecule has 1 aliphatic rings. The highest BCUT2D eigenvalue weighted by molar-refractivity contribution is 7.80. The van der Waals surface area contributed by atoms with Gasteiger partial charge >= 0.3 is 5.97 Å². The van der Waals surface area contributed by atoms with Gasteiger partial charge in [0.15, 0.2) is 5.11 Å². The van der Waals surface area contributed by atoms with E-state index in [9.17, 15) is 14.4 Å². The molecule has 0 aromatic heterocycles. The number of carbonyl (C=O) groups excluding carboxylic acids is 3. The molecule has 1 N–H and O–H groups in total. The van der Waals surface area contributed by atoms with Gasteiger partial charge in [0, 0.05) is 10.7 Å². The van der Waals surface area contributed by atoms with Crippen LogP contribution in [0.2, 0.25) is 5.02 Å². The van der Waals surface area contributed by atoms with Crippen molar-refractivity contribution >= 4 is 58.1 Å². The summed E-state index contributed by atoms with van der Waals surface area (Å²) in [4.78, 5) is 40.5. The molecule has 0 saturated carbocycles. The Morgan fingerprint density at radius 1 is 1.12 bits per heavy atom. The quantitative estimate of drug-likeness (QED) is 0.463. The van der Waals surface area contributed by atoms with Gasteiger partial charge in [-0.15, -0.1) is 0 Å². The van der Waals surface area contributed by atoms with Crippen molar-refractivity contribution in [3.05, 3.63) is 53.6 Å². The predicted octanol–water partition coefficient (Wildman–Crippen LogP) is 3.24. The summed E-state index contributed by atoms with van der Waals surface area (Å²) in [6.45, 7) is 2.16. The van der Waals surface area contributed by atoms with E-state index < -0.39 is 23.8 Å². The van der Waals surface area contributed by atoms with Crippen molar-refractivity contribution in [3.63, 3.8) is 0 Å². The Kier molecular flexibility index (Phi) is 7.66. The Bertz CT molecular complexity index is 1010. The summed E-state index contributed by atoms with van der Waals surface area (Å²) in [5, 5.41) is 3.37. The van der Waals surface area contributed by atoms with Crippen LogP contribution in [0.15, 0.2) is 48.5 Å². The van der Waals surface area contributed by atoms with Gasteiger partial charge in [-0.3, -0.25) is 19.3 Å². The molecular formula is C22H22ClN3O5S. The number of anilines is 2. The van der Waals surface area contributed by atoms with Crippen molar-refractivity contribution < 1.29 is 23.9 Å². The minimum atomic E-state index is -0.958. The zero-order valence-corrected chi connectivity index (χ0v) is 19.1. The number of ether oxygens (including phenoxy) is 2. The molecule has 0 radical (unpaired) electrons. The lowest BCUT2D eigenvalue weighted by Crippen LogP contribution is -2.41. The Labute approximate surface area is 196 Å². The van der Waals surface area contributed by atoms with E-state index in [4.69, 9.17) is 33.3 Å². The molecule has 0 aliphatic carbocycles. The zero-order chi connectivity index (χ0) is 23.3. The fourth-order valence-electron chi connectivity index (χ4n) is 3.23. The largest absolute Gasteiger partial charge is 0.494 e. The van der Waals surface area contributed by atoms with Crippen LogP contribution in [-0.2, 0) is 19.1 Å². The highest BCUT2D eigenvalue weighted by atomic mass is 35.5. The molecule has 2 amide bonds. The van der Waals surface area contributed by atoms with Crippen molar-refractivity contribution in [1.29, 1.82) is 0 Å². The predicted molar refractivity (Wildman–Crippen MR) is 125 cm³/mol. The van der Waals surface area contributed by atoms with Gasteiger partial charge in [-0.2, -0.15) is 0 Å². The van der Waals surface area contributed by atoms with E-state index in [0.29, 0.717) is 28.8 Å². The standard InChI is InChI=1S/C22H22ClN3O5S/c1-3-31-17-10-6-15(7-11-17)24-19(27)12-18-21(29)26(16-8-4-14(23)5-9-16)22(32)25(18)13-20(28)30-2/h4-11,18H,3,12-13H2,1-2H3,(H,24,27)/t18-/m1/s1. The lowest BCUT2D eigenvalue weighted by atomic mass is 10.1. The first-order valence-electron chi connectivity index (χ1n) is 9.83. The smallest absolute Gasteiger partial charge is 0.325 e. The van der Waals surface area contributed by atoms with Crippen molar-refractivity contribution in [2.24, 2.45) is 0 Å². The molecule has 168 valence electrons. The molecule has 1 saturated heterocycles. The lowest BCUT2D eigenvalue weighted by Gasteiger charge is -2.22. The molecule has 10 heteroatoms. The Balaban J connectivity index is 1.78. The van der Waals surface area contributed by atoms with E-state index in [-0.39, 0.29) is 18.1 Å². The number of carbonyl (C=O) groups is 3. The second kappa shape index (κ2) is 10.4. The molecule has 0 unspecified atom stereocenters. The van der Waals surface area contributed by atoms with Crippen LogP contribution in [0.1, 0.15) is 13.3 Å². The average molecular weight is 476 g/mol. The topological polar surface area (TPSA) is 88.2 Å². The number of halogens is 1. The Morgan fingerprint density at radius 2 is 1.78 bits per heavy atom. The van der Waals surface area contributed by atoms with Gasteiger partial charge in [-0.1, -0.05) is 11.6 Å². The minimum absolute atomic E-state index is 0.113. The van der Waals surface area contributed by atoms with Crippen LogP contribution in [0.5, 0.6) is 5.75 Å². The Hall–Kier alpha value is -3.17. The van der Waals surface area contributed by atoms with Crippen molar-refractivity contribution in [1.82, 2.24) is 4.90 Å². The fraction of sp³-hybridized carbons (Fsp3) is 0.273. The molecule has 1 atom stereocenters. The van der Waals surface area contributed by atoms with Crippen molar-refractivity contribution in [2.45, 2.75) is 19.4 Å². The van der Waals surface area contributed by atoms with Crippen LogP contribution in [0.25, 0.3) is 0 Å². The van der Waals surface area contributed by atoms with Gasteiger partial charge in [-0.25, -0.2) is 0 Å². The monoisotopic (exact) mass is 475 g/mol. The first-order chi connectivity index (χ1) is 15.3. The third-order valence-electron chi connectivity index (χ3n) is 4.76. The fourth-order valence-corrected chi connectivity index (χ4v) is 3.75. The maximum Gasteiger partial charge on any atom is 0.325 e. The van der Waals surface area contributed by atoms with Crippen molar-refractivity contribution in [2.75, 3.05) is 30.5 Å². The number of thiocarbonyl (C=S) groups is 1. The molecular weight excluding hydrogens is 454 g/mol. The van der Waals surface area contributed by atoms with E-state index in [2.05, 4.69) is 5.32 Å². The van der Waals surface area contributed by atoms with E-state index in [1.807, 2.05) is 6.92 Å². The number of methoxy groups -OCH3 is 1. The van der Waals surface area contributed by atoms with Gasteiger partial charge in [-0.05, 0) is 67.7 Å². The number of benzene rings is 2. The maximum atomic E-state index is 13.2. The highest BCUT2D eigenvalue weighted by Gasteiger charge is 2.45. The summed E-state index contributed by atoms with van der Waals surface area (Å²) < 4.78 is 10.1. The van der Waals surface area contributed by atoms with Gasteiger partial charge in [0.2, 0.25) is 5.91 Å². The average Bonchev–Trinajstić information content (AvgIpc) is 3.00. The second-order valence-electron chi connectivity index (χ2n) is 6.86. The van der Waals surface area contributed by atoms with Crippen LogP contribution < -0.4 is 15.0 Å². The molecule has 1 aliphatic heterocycles. The van der Waals surface area contributed by atoms with Gasteiger partial charge in [0.25, 0.3) is 5.91 Å². The number of rotatable bonds is 8. The molecule has 2 aromatic carbocycles. The number of nitrogens with one attached hydrogen (secondary N) is 1. The summed E-state index contributed by atoms with van der Waals surface area (Å²) in [6, 6.07) is 12.5. The molecule has 1 heterocycles. The minimum Gasteiger partial charge on any atom is -0.494 e. The van der Waals surface area contributed by atoms with Gasteiger partial charge in [0.1, 0.15) is 18.3 Å². The van der Waals surface area contributed by atoms with Crippen LogP contribution in [-0.4, -0.2) is 54.1 Å². The third kappa shape index (κ3) is 5.35. The molecule has 3 rings (SSSR count). The molecule has 32 heavy (non-hydrogen) atoms. The van der Waals surface area contributed by atoms with E-state index in [0.717, 1.165) is 0 Å². The van der Waals surface area contributed by atoms with Crippen molar-refractivity contribution in [3.8, 4) is 5.75 Å². The van der Waals surface area contributed by atoms with E-state index in [1.165, 1.54) is 16.9 Å². The zero-order valence-electron chi connectivity index (χ0n) is 17.5. The van der Waals surface area contributed by atoms with Crippen LogP contribution in [0.4, 0.5) is 11.4 Å². The summed E-state index contributed by atoms with van der Waals surface area (Å²) in [5.74, 6) is -0.703. The molecule has 0 spiro atoms. The third-order valence-corrected chi connectivity index (χ3v) is 5.43. The number of hydrogen-bond donors (Lipinski definition) is 1. The number of amides is 2. The maximum absolute atomic E-state index is 13.2. The van der Waals surface area contributed by atoms with Gasteiger partial charge < -0.3 is 19.7 Å². The summed E-state index contributed by atoms with van der Waals surface area (Å²) in [5.41, 5.74) is 1.05.